The summed E-state index contributed by atoms with van der Waals surface area (Å²) in [6.07, 6.45) is 3.67. The molecule has 0 unspecified atom stereocenters. The molecule has 1 aliphatic rings. The lowest BCUT2D eigenvalue weighted by molar-refractivity contribution is 0.613. The van der Waals surface area contributed by atoms with Crippen molar-refractivity contribution >= 4 is 28.5 Å². The molecule has 1 fully saturated rings. The number of fused-ring (bicyclic) bond motifs is 1. The number of hydrogen-bond acceptors (Lipinski definition) is 10. The van der Waals surface area contributed by atoms with Crippen molar-refractivity contribution in [1.82, 2.24) is 40.1 Å². The summed E-state index contributed by atoms with van der Waals surface area (Å²) >= 11 is 0. The van der Waals surface area contributed by atoms with Crippen LogP contribution in [0.1, 0.15) is 29.7 Å². The molecule has 1 saturated heterocycles. The number of piperazine rings is 1. The van der Waals surface area contributed by atoms with Gasteiger partial charge in [0.15, 0.2) is 0 Å². The Balaban J connectivity index is 1.33. The van der Waals surface area contributed by atoms with Gasteiger partial charge in [-0.1, -0.05) is 18.2 Å². The van der Waals surface area contributed by atoms with E-state index in [1.807, 2.05) is 56.6 Å². The van der Waals surface area contributed by atoms with E-state index in [-0.39, 0.29) is 11.6 Å². The fraction of sp³-hybridized carbons (Fsp3) is 0.321. The van der Waals surface area contributed by atoms with Gasteiger partial charge in [-0.25, -0.2) is 15.0 Å². The van der Waals surface area contributed by atoms with Gasteiger partial charge in [0.1, 0.15) is 0 Å². The number of nitrogens with zero attached hydrogens (tertiary/aromatic N) is 9. The summed E-state index contributed by atoms with van der Waals surface area (Å²) in [5.74, 6) is 1.89. The Labute approximate surface area is 231 Å². The van der Waals surface area contributed by atoms with Crippen LogP contribution in [0.4, 0.5) is 17.6 Å². The van der Waals surface area contributed by atoms with Crippen molar-refractivity contribution in [2.24, 2.45) is 7.05 Å². The van der Waals surface area contributed by atoms with Gasteiger partial charge in [0.25, 0.3) is 5.56 Å². The van der Waals surface area contributed by atoms with Gasteiger partial charge in [0.05, 0.1) is 16.9 Å². The van der Waals surface area contributed by atoms with Crippen LogP contribution in [-0.2, 0) is 7.05 Å². The minimum atomic E-state index is -0.154. The summed E-state index contributed by atoms with van der Waals surface area (Å²) in [6.45, 7) is 8.94. The van der Waals surface area contributed by atoms with Gasteiger partial charge in [-0.15, -0.1) is 10.2 Å². The van der Waals surface area contributed by atoms with E-state index in [1.54, 1.807) is 11.6 Å². The quantitative estimate of drug-likeness (QED) is 0.333. The molecular formula is C28H31N11O. The average Bonchev–Trinajstić information content (AvgIpc) is 3.51. The van der Waals surface area contributed by atoms with Gasteiger partial charge in [-0.3, -0.25) is 9.36 Å². The summed E-state index contributed by atoms with van der Waals surface area (Å²) < 4.78 is 1.66. The van der Waals surface area contributed by atoms with E-state index >= 15 is 0 Å². The second-order valence-electron chi connectivity index (χ2n) is 10.2. The van der Waals surface area contributed by atoms with E-state index in [2.05, 4.69) is 58.7 Å². The SMILES string of the molecule is Cc1cnc(N2CCN(c3nc4c([C@@H](C)Nc5ccccc5-c5nn[nH]n5)cc(C)cc4c(=O)n3C)CC2)nc1. The maximum atomic E-state index is 13.6. The van der Waals surface area contributed by atoms with Gasteiger partial charge in [0.2, 0.25) is 17.7 Å². The number of aryl methyl sites for hydroxylation is 2. The van der Waals surface area contributed by atoms with Crippen molar-refractivity contribution in [1.29, 1.82) is 0 Å². The van der Waals surface area contributed by atoms with Crippen LogP contribution in [0.3, 0.4) is 0 Å². The third-order valence-corrected chi connectivity index (χ3v) is 7.30. The van der Waals surface area contributed by atoms with Crippen LogP contribution in [0.15, 0.2) is 53.6 Å². The third kappa shape index (κ3) is 4.72. The van der Waals surface area contributed by atoms with E-state index < -0.39 is 0 Å². The number of nitrogens with one attached hydrogen (secondary N) is 2. The zero-order valence-corrected chi connectivity index (χ0v) is 23.0. The van der Waals surface area contributed by atoms with E-state index in [4.69, 9.17) is 4.98 Å². The number of para-hydroxylation sites is 1. The molecule has 0 amide bonds. The monoisotopic (exact) mass is 537 g/mol. The Bertz CT molecular complexity index is 1710. The number of aromatic nitrogens is 8. The van der Waals surface area contributed by atoms with Crippen LogP contribution < -0.4 is 20.7 Å². The number of H-pyrrole nitrogens is 1. The highest BCUT2D eigenvalue weighted by atomic mass is 16.1. The van der Waals surface area contributed by atoms with Gasteiger partial charge >= 0.3 is 0 Å². The van der Waals surface area contributed by atoms with Crippen LogP contribution in [0, 0.1) is 13.8 Å². The lowest BCUT2D eigenvalue weighted by atomic mass is 10.0. The summed E-state index contributed by atoms with van der Waals surface area (Å²) in [7, 11) is 1.80. The van der Waals surface area contributed by atoms with Crippen molar-refractivity contribution in [2.75, 3.05) is 41.3 Å². The maximum Gasteiger partial charge on any atom is 0.262 e. The summed E-state index contributed by atoms with van der Waals surface area (Å²) in [6, 6.07) is 11.7. The Morgan fingerprint density at radius 2 is 1.70 bits per heavy atom. The van der Waals surface area contributed by atoms with Crippen LogP contribution in [0.2, 0.25) is 0 Å². The molecule has 2 N–H and O–H groups in total. The molecule has 1 atom stereocenters. The van der Waals surface area contributed by atoms with Crippen molar-refractivity contribution in [3.8, 4) is 11.4 Å². The van der Waals surface area contributed by atoms with Crippen molar-refractivity contribution in [3.63, 3.8) is 0 Å². The number of hydrogen-bond donors (Lipinski definition) is 2. The van der Waals surface area contributed by atoms with E-state index in [9.17, 15) is 4.79 Å². The Morgan fingerprint density at radius 3 is 2.42 bits per heavy atom. The van der Waals surface area contributed by atoms with E-state index in [0.29, 0.717) is 35.8 Å². The Morgan fingerprint density at radius 1 is 0.975 bits per heavy atom. The molecule has 1 aliphatic heterocycles. The molecule has 4 heterocycles. The highest BCUT2D eigenvalue weighted by Gasteiger charge is 2.24. The van der Waals surface area contributed by atoms with Crippen LogP contribution in [0.5, 0.6) is 0 Å². The van der Waals surface area contributed by atoms with Gasteiger partial charge in [0, 0.05) is 62.4 Å². The molecule has 0 aliphatic carbocycles. The first-order valence-electron chi connectivity index (χ1n) is 13.3. The first-order chi connectivity index (χ1) is 19.4. The molecule has 204 valence electrons. The molecule has 0 radical (unpaired) electrons. The summed E-state index contributed by atoms with van der Waals surface area (Å²) in [5, 5.41) is 18.7. The van der Waals surface area contributed by atoms with Gasteiger partial charge < -0.3 is 15.1 Å². The largest absolute Gasteiger partial charge is 0.378 e. The molecule has 3 aromatic heterocycles. The molecule has 0 saturated carbocycles. The smallest absolute Gasteiger partial charge is 0.262 e. The first-order valence-corrected chi connectivity index (χ1v) is 13.3. The Kier molecular flexibility index (Phi) is 6.58. The highest BCUT2D eigenvalue weighted by Crippen LogP contribution is 2.31. The molecule has 5 aromatic rings. The normalized spacial score (nSPS) is 14.5. The molecule has 0 bridgehead atoms. The highest BCUT2D eigenvalue weighted by molar-refractivity contribution is 5.84. The van der Waals surface area contributed by atoms with E-state index in [0.717, 1.165) is 47.0 Å². The third-order valence-electron chi connectivity index (χ3n) is 7.30. The topological polar surface area (TPSA) is 134 Å². The minimum Gasteiger partial charge on any atom is -0.378 e. The number of aromatic amines is 1. The van der Waals surface area contributed by atoms with Crippen molar-refractivity contribution < 1.29 is 0 Å². The maximum absolute atomic E-state index is 13.6. The lowest BCUT2D eigenvalue weighted by Crippen LogP contribution is -2.48. The fourth-order valence-corrected chi connectivity index (χ4v) is 5.20. The van der Waals surface area contributed by atoms with Crippen LogP contribution >= 0.6 is 0 Å². The molecule has 0 spiro atoms. The number of benzene rings is 2. The lowest BCUT2D eigenvalue weighted by Gasteiger charge is -2.36. The number of anilines is 3. The minimum absolute atomic E-state index is 0.0614. The average molecular weight is 538 g/mol. The second-order valence-corrected chi connectivity index (χ2v) is 10.2. The van der Waals surface area contributed by atoms with E-state index in [1.165, 1.54) is 0 Å². The standard InChI is InChI=1S/C28H31N11O/c1-17-13-21(19(3)31-23-8-6-5-7-20(23)25-33-35-36-34-25)24-22(14-17)26(40)37(4)28(32-24)39-11-9-38(10-12-39)27-29-15-18(2)16-30-27/h5-8,13-16,19,31H,9-12H2,1-4H3,(H,33,34,35,36)/t19-/m1/s1. The zero-order chi connectivity index (χ0) is 27.8. The predicted molar refractivity (Wildman–Crippen MR) is 155 cm³/mol. The van der Waals surface area contributed by atoms with Crippen molar-refractivity contribution in [3.05, 3.63) is 75.8 Å². The second kappa shape index (κ2) is 10.4. The van der Waals surface area contributed by atoms with Gasteiger partial charge in [-0.05, 0) is 55.3 Å². The van der Waals surface area contributed by atoms with Crippen LogP contribution in [0.25, 0.3) is 22.3 Å². The zero-order valence-electron chi connectivity index (χ0n) is 23.0. The predicted octanol–water partition coefficient (Wildman–Crippen LogP) is 3.02. The molecule has 12 nitrogen and oxygen atoms in total. The summed E-state index contributed by atoms with van der Waals surface area (Å²) in [5.41, 5.74) is 5.32. The molecule has 12 heteroatoms. The fourth-order valence-electron chi connectivity index (χ4n) is 5.20. The molecule has 2 aromatic carbocycles. The number of tetrazole rings is 1. The Hall–Kier alpha value is -4.87. The summed E-state index contributed by atoms with van der Waals surface area (Å²) in [4.78, 5) is 32.0. The van der Waals surface area contributed by atoms with Gasteiger partial charge in [-0.2, -0.15) is 5.21 Å². The molecule has 6 rings (SSSR count). The number of rotatable bonds is 6. The van der Waals surface area contributed by atoms with Crippen molar-refractivity contribution in [2.45, 2.75) is 26.8 Å². The first kappa shape index (κ1) is 25.4. The molecule has 40 heavy (non-hydrogen) atoms. The molecular weight excluding hydrogens is 506 g/mol. The van der Waals surface area contributed by atoms with Crippen LogP contribution in [-0.4, -0.2) is 66.3 Å².